The van der Waals surface area contributed by atoms with E-state index >= 15 is 0 Å². The lowest BCUT2D eigenvalue weighted by Crippen LogP contribution is -2.23. The second kappa shape index (κ2) is 3.43. The Kier molecular flexibility index (Phi) is 2.44. The van der Waals surface area contributed by atoms with E-state index in [1.54, 1.807) is 0 Å². The first-order valence-electron chi connectivity index (χ1n) is 5.72. The Balaban J connectivity index is 1.88. The molecule has 2 fully saturated rings. The fourth-order valence-corrected chi connectivity index (χ4v) is 2.71. The van der Waals surface area contributed by atoms with Crippen LogP contribution in [-0.4, -0.2) is 5.78 Å². The first-order chi connectivity index (χ1) is 6.18. The minimum atomic E-state index is 0.429. The number of Topliss-reactive ketones (excluding diaryl/α,β-unsaturated/α-hetero) is 1. The maximum atomic E-state index is 11.9. The zero-order valence-electron chi connectivity index (χ0n) is 8.75. The number of hydrogen-bond donors (Lipinski definition) is 0. The second-order valence-electron chi connectivity index (χ2n) is 5.19. The van der Waals surface area contributed by atoms with E-state index in [-0.39, 0.29) is 0 Å². The van der Waals surface area contributed by atoms with Gasteiger partial charge >= 0.3 is 0 Å². The van der Waals surface area contributed by atoms with E-state index < -0.39 is 0 Å². The SMILES string of the molecule is CC1CCCC(C(=O)C2CC2C)C1. The van der Waals surface area contributed by atoms with Gasteiger partial charge in [0.2, 0.25) is 0 Å². The molecule has 0 aliphatic heterocycles. The molecule has 4 unspecified atom stereocenters. The summed E-state index contributed by atoms with van der Waals surface area (Å²) in [6.07, 6.45) is 6.13. The van der Waals surface area contributed by atoms with Crippen LogP contribution in [0.5, 0.6) is 0 Å². The molecule has 2 aliphatic rings. The van der Waals surface area contributed by atoms with Gasteiger partial charge in [0.1, 0.15) is 5.78 Å². The fourth-order valence-electron chi connectivity index (χ4n) is 2.71. The second-order valence-corrected chi connectivity index (χ2v) is 5.19. The molecule has 2 aliphatic carbocycles. The van der Waals surface area contributed by atoms with Crippen LogP contribution in [0.25, 0.3) is 0 Å². The molecule has 0 aromatic carbocycles. The standard InChI is InChI=1S/C12H20O/c1-8-4-3-5-10(6-8)12(13)11-7-9(11)2/h8-11H,3-7H2,1-2H3. The zero-order valence-corrected chi connectivity index (χ0v) is 8.75. The molecule has 1 heteroatoms. The monoisotopic (exact) mass is 180 g/mol. The van der Waals surface area contributed by atoms with Gasteiger partial charge in [0, 0.05) is 11.8 Å². The van der Waals surface area contributed by atoms with Crippen molar-refractivity contribution in [1.29, 1.82) is 0 Å². The van der Waals surface area contributed by atoms with Crippen LogP contribution in [0.3, 0.4) is 0 Å². The molecule has 13 heavy (non-hydrogen) atoms. The van der Waals surface area contributed by atoms with E-state index in [1.165, 1.54) is 32.1 Å². The minimum Gasteiger partial charge on any atom is -0.299 e. The maximum Gasteiger partial charge on any atom is 0.139 e. The summed E-state index contributed by atoms with van der Waals surface area (Å²) in [6, 6.07) is 0. The lowest BCUT2D eigenvalue weighted by atomic mass is 9.79. The first kappa shape index (κ1) is 9.23. The van der Waals surface area contributed by atoms with Crippen LogP contribution in [0.1, 0.15) is 46.0 Å². The molecular weight excluding hydrogens is 160 g/mol. The number of ketones is 1. The summed E-state index contributed by atoms with van der Waals surface area (Å²) in [5.41, 5.74) is 0. The predicted octanol–water partition coefficient (Wildman–Crippen LogP) is 3.04. The Morgan fingerprint density at radius 2 is 1.85 bits per heavy atom. The average molecular weight is 180 g/mol. The first-order valence-corrected chi connectivity index (χ1v) is 5.72. The summed E-state index contributed by atoms with van der Waals surface area (Å²) in [4.78, 5) is 11.9. The molecule has 0 spiro atoms. The van der Waals surface area contributed by atoms with Gasteiger partial charge < -0.3 is 0 Å². The largest absolute Gasteiger partial charge is 0.299 e. The number of rotatable bonds is 2. The van der Waals surface area contributed by atoms with Crippen LogP contribution in [-0.2, 0) is 4.79 Å². The van der Waals surface area contributed by atoms with Crippen molar-refractivity contribution in [3.05, 3.63) is 0 Å². The van der Waals surface area contributed by atoms with E-state index in [1.807, 2.05) is 0 Å². The van der Waals surface area contributed by atoms with Crippen LogP contribution >= 0.6 is 0 Å². The van der Waals surface area contributed by atoms with Crippen LogP contribution < -0.4 is 0 Å². The van der Waals surface area contributed by atoms with Gasteiger partial charge in [-0.25, -0.2) is 0 Å². The van der Waals surface area contributed by atoms with E-state index in [0.29, 0.717) is 23.5 Å². The quantitative estimate of drug-likeness (QED) is 0.638. The Morgan fingerprint density at radius 1 is 1.15 bits per heavy atom. The number of hydrogen-bond acceptors (Lipinski definition) is 1. The molecule has 4 atom stereocenters. The molecule has 74 valence electrons. The van der Waals surface area contributed by atoms with Crippen molar-refractivity contribution in [3.63, 3.8) is 0 Å². The highest BCUT2D eigenvalue weighted by atomic mass is 16.1. The predicted molar refractivity (Wildman–Crippen MR) is 53.4 cm³/mol. The molecular formula is C12H20O. The van der Waals surface area contributed by atoms with E-state index in [9.17, 15) is 4.79 Å². The normalized spacial score (nSPS) is 44.5. The highest BCUT2D eigenvalue weighted by molar-refractivity contribution is 5.86. The third kappa shape index (κ3) is 1.95. The van der Waals surface area contributed by atoms with E-state index in [2.05, 4.69) is 13.8 Å². The van der Waals surface area contributed by atoms with Crippen molar-refractivity contribution in [2.24, 2.45) is 23.7 Å². The molecule has 2 saturated carbocycles. The Bertz CT molecular complexity index is 209. The summed E-state index contributed by atoms with van der Waals surface area (Å²) in [7, 11) is 0. The third-order valence-corrected chi connectivity index (χ3v) is 3.81. The third-order valence-electron chi connectivity index (χ3n) is 3.81. The molecule has 0 aromatic rings. The fraction of sp³-hybridized carbons (Fsp3) is 0.917. The van der Waals surface area contributed by atoms with Gasteiger partial charge in [-0.1, -0.05) is 26.7 Å². The molecule has 0 aromatic heterocycles. The number of carbonyl (C=O) groups is 1. The lowest BCUT2D eigenvalue weighted by Gasteiger charge is -2.25. The average Bonchev–Trinajstić information content (AvgIpc) is 2.81. The Morgan fingerprint density at radius 3 is 2.38 bits per heavy atom. The van der Waals surface area contributed by atoms with E-state index in [4.69, 9.17) is 0 Å². The highest BCUT2D eigenvalue weighted by Gasteiger charge is 2.42. The van der Waals surface area contributed by atoms with Gasteiger partial charge in [-0.2, -0.15) is 0 Å². The van der Waals surface area contributed by atoms with E-state index in [0.717, 1.165) is 5.92 Å². The smallest absolute Gasteiger partial charge is 0.139 e. The van der Waals surface area contributed by atoms with Crippen LogP contribution in [0.15, 0.2) is 0 Å². The summed E-state index contributed by atoms with van der Waals surface area (Å²) in [6.45, 7) is 4.49. The highest BCUT2D eigenvalue weighted by Crippen LogP contribution is 2.43. The molecule has 0 amide bonds. The molecule has 0 heterocycles. The van der Waals surface area contributed by atoms with Crippen LogP contribution in [0, 0.1) is 23.7 Å². The lowest BCUT2D eigenvalue weighted by molar-refractivity contribution is -0.125. The summed E-state index contributed by atoms with van der Waals surface area (Å²) in [5, 5.41) is 0. The van der Waals surface area contributed by atoms with Gasteiger partial charge in [-0.05, 0) is 31.1 Å². The summed E-state index contributed by atoms with van der Waals surface area (Å²) < 4.78 is 0. The molecule has 1 nitrogen and oxygen atoms in total. The summed E-state index contributed by atoms with van der Waals surface area (Å²) in [5.74, 6) is 2.97. The topological polar surface area (TPSA) is 17.1 Å². The van der Waals surface area contributed by atoms with Gasteiger partial charge in [-0.15, -0.1) is 0 Å². The summed E-state index contributed by atoms with van der Waals surface area (Å²) >= 11 is 0. The minimum absolute atomic E-state index is 0.429. The molecule has 0 radical (unpaired) electrons. The van der Waals surface area contributed by atoms with Crippen molar-refractivity contribution >= 4 is 5.78 Å². The van der Waals surface area contributed by atoms with Crippen molar-refractivity contribution in [2.45, 2.75) is 46.0 Å². The van der Waals surface area contributed by atoms with Gasteiger partial charge in [0.15, 0.2) is 0 Å². The van der Waals surface area contributed by atoms with Crippen molar-refractivity contribution < 1.29 is 4.79 Å². The van der Waals surface area contributed by atoms with Gasteiger partial charge in [0.25, 0.3) is 0 Å². The molecule has 0 saturated heterocycles. The maximum absolute atomic E-state index is 11.9. The van der Waals surface area contributed by atoms with Crippen LogP contribution in [0.4, 0.5) is 0 Å². The Labute approximate surface area is 80.9 Å². The molecule has 2 rings (SSSR count). The molecule has 0 bridgehead atoms. The Hall–Kier alpha value is -0.330. The van der Waals surface area contributed by atoms with Gasteiger partial charge in [-0.3, -0.25) is 4.79 Å². The van der Waals surface area contributed by atoms with Crippen molar-refractivity contribution in [1.82, 2.24) is 0 Å². The zero-order chi connectivity index (χ0) is 9.42. The van der Waals surface area contributed by atoms with Gasteiger partial charge in [0.05, 0.1) is 0 Å². The van der Waals surface area contributed by atoms with Crippen LogP contribution in [0.2, 0.25) is 0 Å². The van der Waals surface area contributed by atoms with Crippen molar-refractivity contribution in [3.8, 4) is 0 Å². The number of carbonyl (C=O) groups excluding carboxylic acids is 1. The molecule has 0 N–H and O–H groups in total. The van der Waals surface area contributed by atoms with Crippen molar-refractivity contribution in [2.75, 3.05) is 0 Å².